The van der Waals surface area contributed by atoms with E-state index in [2.05, 4.69) is 5.32 Å². The molecule has 0 heterocycles. The molecule has 4 nitrogen and oxygen atoms in total. The van der Waals surface area contributed by atoms with Gasteiger partial charge >= 0.3 is 0 Å². The Bertz CT molecular complexity index is 552. The number of carbonyl (C=O) groups is 1. The average molecular weight is 271 g/mol. The zero-order chi connectivity index (χ0) is 14.4. The fraction of sp³-hybridized carbons (Fsp3) is 0.188. The number of aliphatic hydroxyl groups is 2. The van der Waals surface area contributed by atoms with Crippen LogP contribution in [0.15, 0.2) is 54.6 Å². The number of aliphatic hydroxyl groups excluding tert-OH is 2. The highest BCUT2D eigenvalue weighted by Gasteiger charge is 2.10. The summed E-state index contributed by atoms with van der Waals surface area (Å²) in [5.41, 5.74) is 2.02. The Morgan fingerprint density at radius 3 is 2.30 bits per heavy atom. The van der Waals surface area contributed by atoms with Gasteiger partial charge in [0.25, 0.3) is 5.91 Å². The Morgan fingerprint density at radius 2 is 1.70 bits per heavy atom. The molecule has 0 aromatic heterocycles. The van der Waals surface area contributed by atoms with Gasteiger partial charge in [0.1, 0.15) is 0 Å². The minimum atomic E-state index is -0.725. The second kappa shape index (κ2) is 6.84. The molecule has 0 saturated carbocycles. The zero-order valence-corrected chi connectivity index (χ0v) is 11.0. The summed E-state index contributed by atoms with van der Waals surface area (Å²) >= 11 is 0. The van der Waals surface area contributed by atoms with Gasteiger partial charge in [0.15, 0.2) is 0 Å². The first-order valence-corrected chi connectivity index (χ1v) is 6.41. The van der Waals surface area contributed by atoms with Crippen molar-refractivity contribution < 1.29 is 15.0 Å². The van der Waals surface area contributed by atoms with E-state index in [0.717, 1.165) is 11.1 Å². The topological polar surface area (TPSA) is 69.6 Å². The summed E-state index contributed by atoms with van der Waals surface area (Å²) in [5.74, 6) is -0.246. The van der Waals surface area contributed by atoms with Crippen molar-refractivity contribution in [1.82, 2.24) is 5.32 Å². The van der Waals surface area contributed by atoms with Crippen molar-refractivity contribution in [2.75, 3.05) is 6.54 Å². The molecular formula is C16H17NO3. The van der Waals surface area contributed by atoms with E-state index in [9.17, 15) is 9.90 Å². The first kappa shape index (κ1) is 14.2. The van der Waals surface area contributed by atoms with Crippen LogP contribution < -0.4 is 5.32 Å². The van der Waals surface area contributed by atoms with Crippen LogP contribution in [0, 0.1) is 0 Å². The molecule has 0 bridgehead atoms. The lowest BCUT2D eigenvalue weighted by Crippen LogP contribution is -2.28. The van der Waals surface area contributed by atoms with Crippen LogP contribution in [0.1, 0.15) is 27.6 Å². The van der Waals surface area contributed by atoms with Crippen molar-refractivity contribution in [2.24, 2.45) is 0 Å². The smallest absolute Gasteiger partial charge is 0.251 e. The van der Waals surface area contributed by atoms with Crippen molar-refractivity contribution in [3.05, 3.63) is 71.3 Å². The minimum Gasteiger partial charge on any atom is -0.392 e. The van der Waals surface area contributed by atoms with Crippen LogP contribution in [0.2, 0.25) is 0 Å². The third-order valence-corrected chi connectivity index (χ3v) is 3.04. The Kier molecular flexibility index (Phi) is 4.87. The van der Waals surface area contributed by atoms with E-state index < -0.39 is 6.10 Å². The molecule has 0 aliphatic heterocycles. The van der Waals surface area contributed by atoms with Gasteiger partial charge in [0, 0.05) is 12.1 Å². The number of hydrogen-bond donors (Lipinski definition) is 3. The van der Waals surface area contributed by atoms with E-state index in [-0.39, 0.29) is 19.1 Å². The van der Waals surface area contributed by atoms with Gasteiger partial charge in [0.2, 0.25) is 0 Å². The maximum absolute atomic E-state index is 11.9. The zero-order valence-electron chi connectivity index (χ0n) is 11.0. The molecule has 20 heavy (non-hydrogen) atoms. The van der Waals surface area contributed by atoms with Crippen LogP contribution >= 0.6 is 0 Å². The summed E-state index contributed by atoms with van der Waals surface area (Å²) in [6, 6.07) is 15.9. The fourth-order valence-corrected chi connectivity index (χ4v) is 1.85. The first-order valence-electron chi connectivity index (χ1n) is 6.41. The Hall–Kier alpha value is -2.17. The molecule has 0 radical (unpaired) electrons. The predicted molar refractivity (Wildman–Crippen MR) is 76.1 cm³/mol. The van der Waals surface area contributed by atoms with Crippen molar-refractivity contribution in [1.29, 1.82) is 0 Å². The summed E-state index contributed by atoms with van der Waals surface area (Å²) in [6.45, 7) is 0.110. The molecule has 0 aliphatic carbocycles. The number of benzene rings is 2. The van der Waals surface area contributed by atoms with Gasteiger partial charge in [-0.3, -0.25) is 4.79 Å². The molecule has 2 aromatic carbocycles. The number of nitrogens with one attached hydrogen (secondary N) is 1. The predicted octanol–water partition coefficient (Wildman–Crippen LogP) is 1.64. The third-order valence-electron chi connectivity index (χ3n) is 3.04. The third kappa shape index (κ3) is 3.66. The van der Waals surface area contributed by atoms with E-state index in [1.807, 2.05) is 30.3 Å². The Balaban J connectivity index is 1.91. The summed E-state index contributed by atoms with van der Waals surface area (Å²) in [4.78, 5) is 11.9. The maximum Gasteiger partial charge on any atom is 0.251 e. The van der Waals surface area contributed by atoms with Gasteiger partial charge in [-0.2, -0.15) is 0 Å². The van der Waals surface area contributed by atoms with Crippen LogP contribution in [0.3, 0.4) is 0 Å². The summed E-state index contributed by atoms with van der Waals surface area (Å²) in [5, 5.41) is 21.6. The number of amides is 1. The standard InChI is InChI=1S/C16H17NO3/c18-11-12-6-8-14(9-7-12)16(20)17-10-15(19)13-4-2-1-3-5-13/h1-9,15,18-19H,10-11H2,(H,17,20). The minimum absolute atomic E-state index is 0.0470. The van der Waals surface area contributed by atoms with Gasteiger partial charge in [-0.25, -0.2) is 0 Å². The van der Waals surface area contributed by atoms with Gasteiger partial charge in [-0.15, -0.1) is 0 Å². The molecule has 1 atom stereocenters. The van der Waals surface area contributed by atoms with E-state index in [1.165, 1.54) is 0 Å². The Labute approximate surface area is 117 Å². The molecule has 104 valence electrons. The highest BCUT2D eigenvalue weighted by Crippen LogP contribution is 2.11. The lowest BCUT2D eigenvalue weighted by molar-refractivity contribution is 0.0916. The van der Waals surface area contributed by atoms with Crippen molar-refractivity contribution in [3.8, 4) is 0 Å². The SMILES string of the molecule is O=C(NCC(O)c1ccccc1)c1ccc(CO)cc1. The first-order chi connectivity index (χ1) is 9.70. The quantitative estimate of drug-likeness (QED) is 0.774. The number of carbonyl (C=O) groups excluding carboxylic acids is 1. The van der Waals surface area contributed by atoms with E-state index in [4.69, 9.17) is 5.11 Å². The van der Waals surface area contributed by atoms with Crippen LogP contribution in [0.25, 0.3) is 0 Å². The highest BCUT2D eigenvalue weighted by atomic mass is 16.3. The lowest BCUT2D eigenvalue weighted by atomic mass is 10.1. The molecule has 3 N–H and O–H groups in total. The van der Waals surface area contributed by atoms with Crippen LogP contribution in [0.5, 0.6) is 0 Å². The van der Waals surface area contributed by atoms with Crippen LogP contribution in [-0.2, 0) is 6.61 Å². The van der Waals surface area contributed by atoms with Gasteiger partial charge < -0.3 is 15.5 Å². The molecule has 0 fully saturated rings. The van der Waals surface area contributed by atoms with Crippen molar-refractivity contribution in [3.63, 3.8) is 0 Å². The van der Waals surface area contributed by atoms with Crippen molar-refractivity contribution in [2.45, 2.75) is 12.7 Å². The average Bonchev–Trinajstić information content (AvgIpc) is 2.53. The summed E-state index contributed by atoms with van der Waals surface area (Å²) in [7, 11) is 0. The summed E-state index contributed by atoms with van der Waals surface area (Å²) < 4.78 is 0. The van der Waals surface area contributed by atoms with Gasteiger partial charge in [-0.05, 0) is 23.3 Å². The fourth-order valence-electron chi connectivity index (χ4n) is 1.85. The maximum atomic E-state index is 11.9. The molecule has 0 spiro atoms. The van der Waals surface area contributed by atoms with E-state index >= 15 is 0 Å². The van der Waals surface area contributed by atoms with Crippen LogP contribution in [-0.4, -0.2) is 22.7 Å². The molecule has 1 unspecified atom stereocenters. The highest BCUT2D eigenvalue weighted by molar-refractivity contribution is 5.94. The summed E-state index contributed by atoms with van der Waals surface area (Å²) in [6.07, 6.45) is -0.725. The molecule has 0 aliphatic rings. The normalized spacial score (nSPS) is 11.9. The second-order valence-corrected chi connectivity index (χ2v) is 4.49. The monoisotopic (exact) mass is 271 g/mol. The van der Waals surface area contributed by atoms with Crippen molar-refractivity contribution >= 4 is 5.91 Å². The molecule has 0 saturated heterocycles. The van der Waals surface area contributed by atoms with Gasteiger partial charge in [-0.1, -0.05) is 42.5 Å². The van der Waals surface area contributed by atoms with Crippen LogP contribution in [0.4, 0.5) is 0 Å². The molecule has 4 heteroatoms. The van der Waals surface area contributed by atoms with Gasteiger partial charge in [0.05, 0.1) is 12.7 Å². The molecule has 2 rings (SSSR count). The molecule has 1 amide bonds. The lowest BCUT2D eigenvalue weighted by Gasteiger charge is -2.12. The number of rotatable bonds is 5. The Morgan fingerprint density at radius 1 is 1.05 bits per heavy atom. The number of hydrogen-bond acceptors (Lipinski definition) is 3. The molecule has 2 aromatic rings. The second-order valence-electron chi connectivity index (χ2n) is 4.49. The molecular weight excluding hydrogens is 254 g/mol. The largest absolute Gasteiger partial charge is 0.392 e. The van der Waals surface area contributed by atoms with E-state index in [1.54, 1.807) is 24.3 Å². The van der Waals surface area contributed by atoms with E-state index in [0.29, 0.717) is 5.56 Å².